The van der Waals surface area contributed by atoms with Crippen molar-refractivity contribution in [1.29, 1.82) is 0 Å². The maximum atomic E-state index is 11.2. The van der Waals surface area contributed by atoms with Gasteiger partial charge in [-0.05, 0) is 0 Å². The van der Waals surface area contributed by atoms with Gasteiger partial charge in [0, 0.05) is 0 Å². The van der Waals surface area contributed by atoms with Gasteiger partial charge < -0.3 is 0 Å². The Labute approximate surface area is 163 Å². The van der Waals surface area contributed by atoms with Crippen LogP contribution < -0.4 is 4.90 Å². The molecule has 4 aromatic rings. The molecule has 0 saturated carbocycles. The zero-order chi connectivity index (χ0) is 18.1. The summed E-state index contributed by atoms with van der Waals surface area (Å²) in [4.78, 5) is 13.5. The summed E-state index contributed by atoms with van der Waals surface area (Å²) in [5, 5.41) is 3.14. The summed E-state index contributed by atoms with van der Waals surface area (Å²) in [6.07, 6.45) is 0.955. The van der Waals surface area contributed by atoms with Gasteiger partial charge in [-0.15, -0.1) is 0 Å². The molecule has 0 aliphatic carbocycles. The summed E-state index contributed by atoms with van der Waals surface area (Å²) in [7, 11) is 0. The van der Waals surface area contributed by atoms with E-state index in [1.807, 2.05) is 36.4 Å². The summed E-state index contributed by atoms with van der Waals surface area (Å²) in [6, 6.07) is 24.5. The van der Waals surface area contributed by atoms with Crippen LogP contribution in [0.15, 0.2) is 72.8 Å². The third-order valence-corrected chi connectivity index (χ3v) is 6.74. The van der Waals surface area contributed by atoms with Crippen molar-refractivity contribution in [3.8, 4) is 0 Å². The first-order valence-corrected chi connectivity index (χ1v) is 10.4. The van der Waals surface area contributed by atoms with E-state index in [-0.39, 0.29) is 14.5 Å². The molecular weight excluding hydrogens is 409 g/mol. The molecule has 0 aliphatic rings. The molecule has 0 unspecified atom stereocenters. The monoisotopic (exact) mass is 425 g/mol. The number of hydrogen-bond donors (Lipinski definition) is 0. The van der Waals surface area contributed by atoms with Crippen LogP contribution in [0.3, 0.4) is 0 Å². The average Bonchev–Trinajstić information content (AvgIpc) is 3.14. The van der Waals surface area contributed by atoms with Gasteiger partial charge in [0.05, 0.1) is 0 Å². The van der Waals surface area contributed by atoms with Gasteiger partial charge in [-0.2, -0.15) is 0 Å². The molecule has 0 amide bonds. The van der Waals surface area contributed by atoms with Crippen molar-refractivity contribution in [2.45, 2.75) is 6.92 Å². The van der Waals surface area contributed by atoms with Gasteiger partial charge in [0.15, 0.2) is 0 Å². The molecule has 0 radical (unpaired) electrons. The normalized spacial score (nSPS) is 10.8. The van der Waals surface area contributed by atoms with Gasteiger partial charge >= 0.3 is 164 Å². The predicted octanol–water partition coefficient (Wildman–Crippen LogP) is 6.14. The predicted molar refractivity (Wildman–Crippen MR) is 111 cm³/mol. The summed E-state index contributed by atoms with van der Waals surface area (Å²) < 4.78 is 1.99. The van der Waals surface area contributed by atoms with Crippen LogP contribution in [0.5, 0.6) is 0 Å². The summed E-state index contributed by atoms with van der Waals surface area (Å²) in [6.45, 7) is 2.13. The molecule has 0 saturated heterocycles. The molecule has 0 spiro atoms. The molecule has 0 bridgehead atoms. The van der Waals surface area contributed by atoms with E-state index >= 15 is 0 Å². The zero-order valence-electron chi connectivity index (χ0n) is 14.1. The standard InChI is InChI=1S/C22H16ClNOSe/c1-15-6-12-21(20-5-3-2-4-19(15)20)24(17-9-7-16(23)8-10-17)22-13-11-18(14-25)26-22/h2-14H,1H3. The van der Waals surface area contributed by atoms with E-state index in [9.17, 15) is 4.79 Å². The van der Waals surface area contributed by atoms with E-state index in [0.717, 1.165) is 26.7 Å². The van der Waals surface area contributed by atoms with Gasteiger partial charge in [-0.25, -0.2) is 0 Å². The Morgan fingerprint density at radius 3 is 2.31 bits per heavy atom. The molecule has 0 aliphatic heterocycles. The molecule has 0 N–H and O–H groups in total. The molecule has 2 nitrogen and oxygen atoms in total. The van der Waals surface area contributed by atoms with Crippen LogP contribution in [0.2, 0.25) is 5.02 Å². The Morgan fingerprint density at radius 2 is 1.62 bits per heavy atom. The van der Waals surface area contributed by atoms with Crippen molar-refractivity contribution in [3.63, 3.8) is 0 Å². The van der Waals surface area contributed by atoms with Crippen LogP contribution >= 0.6 is 11.6 Å². The topological polar surface area (TPSA) is 20.3 Å². The number of benzene rings is 3. The van der Waals surface area contributed by atoms with E-state index in [4.69, 9.17) is 11.6 Å². The molecule has 1 aromatic heterocycles. The van der Waals surface area contributed by atoms with Crippen molar-refractivity contribution in [1.82, 2.24) is 0 Å². The molecule has 3 aromatic carbocycles. The molecule has 128 valence electrons. The van der Waals surface area contributed by atoms with Gasteiger partial charge in [-0.3, -0.25) is 0 Å². The fourth-order valence-corrected chi connectivity index (χ4v) is 5.05. The summed E-state index contributed by atoms with van der Waals surface area (Å²) in [5.74, 6) is 0. The molecule has 1 heterocycles. The third-order valence-electron chi connectivity index (χ3n) is 4.39. The first kappa shape index (κ1) is 17.1. The van der Waals surface area contributed by atoms with Gasteiger partial charge in [0.1, 0.15) is 0 Å². The Hall–Kier alpha value is -2.32. The second kappa shape index (κ2) is 7.12. The van der Waals surface area contributed by atoms with E-state index in [2.05, 4.69) is 48.2 Å². The number of aldehydes is 1. The maximum absolute atomic E-state index is 11.2. The van der Waals surface area contributed by atoms with Crippen molar-refractivity contribution >= 4 is 59.1 Å². The molecule has 0 fully saturated rings. The average molecular weight is 425 g/mol. The van der Waals surface area contributed by atoms with Crippen LogP contribution in [0, 0.1) is 6.92 Å². The second-order valence-electron chi connectivity index (χ2n) is 6.05. The molecule has 0 atom stereocenters. The number of nitrogens with zero attached hydrogens (tertiary/aromatic N) is 1. The van der Waals surface area contributed by atoms with E-state index in [0.29, 0.717) is 5.02 Å². The third kappa shape index (κ3) is 3.10. The van der Waals surface area contributed by atoms with Gasteiger partial charge in [0.2, 0.25) is 0 Å². The number of carbonyl (C=O) groups excluding carboxylic acids is 1. The molecule has 26 heavy (non-hydrogen) atoms. The van der Waals surface area contributed by atoms with Crippen LogP contribution in [-0.2, 0) is 0 Å². The van der Waals surface area contributed by atoms with Crippen LogP contribution in [-0.4, -0.2) is 20.8 Å². The number of hydrogen-bond acceptors (Lipinski definition) is 2. The summed E-state index contributed by atoms with van der Waals surface area (Å²) >= 11 is 6.08. The number of rotatable bonds is 4. The first-order chi connectivity index (χ1) is 12.7. The number of aryl methyl sites for hydroxylation is 1. The Balaban J connectivity index is 1.98. The number of carbonyl (C=O) groups is 1. The Morgan fingerprint density at radius 1 is 0.885 bits per heavy atom. The minimum atomic E-state index is -0.0205. The van der Waals surface area contributed by atoms with E-state index < -0.39 is 0 Å². The Bertz CT molecular complexity index is 1080. The quantitative estimate of drug-likeness (QED) is 0.289. The molecular formula is C22H16ClNOSe. The van der Waals surface area contributed by atoms with Crippen molar-refractivity contribution in [3.05, 3.63) is 87.8 Å². The minimum absolute atomic E-state index is 0.0205. The second-order valence-corrected chi connectivity index (χ2v) is 8.78. The fraction of sp³-hybridized carbons (Fsp3) is 0.0455. The summed E-state index contributed by atoms with van der Waals surface area (Å²) in [5.41, 5.74) is 3.40. The van der Waals surface area contributed by atoms with Crippen LogP contribution in [0.4, 0.5) is 15.9 Å². The van der Waals surface area contributed by atoms with Crippen LogP contribution in [0.25, 0.3) is 10.8 Å². The zero-order valence-corrected chi connectivity index (χ0v) is 16.6. The van der Waals surface area contributed by atoms with Gasteiger partial charge in [-0.1, -0.05) is 0 Å². The first-order valence-electron chi connectivity index (χ1n) is 8.26. The fourth-order valence-electron chi connectivity index (χ4n) is 3.13. The van der Waals surface area contributed by atoms with Crippen LogP contribution in [0.1, 0.15) is 14.8 Å². The van der Waals surface area contributed by atoms with Crippen molar-refractivity contribution < 1.29 is 4.79 Å². The van der Waals surface area contributed by atoms with E-state index in [1.165, 1.54) is 16.3 Å². The number of anilines is 3. The number of fused-ring (bicyclic) bond motifs is 1. The van der Waals surface area contributed by atoms with E-state index in [1.54, 1.807) is 0 Å². The van der Waals surface area contributed by atoms with Crippen molar-refractivity contribution in [2.75, 3.05) is 4.90 Å². The SMILES string of the molecule is Cc1ccc(N(c2ccc(Cl)cc2)c2ccc(C=O)[se]2)c2ccccc12. The van der Waals surface area contributed by atoms with Crippen molar-refractivity contribution in [2.24, 2.45) is 0 Å². The van der Waals surface area contributed by atoms with Gasteiger partial charge in [0.25, 0.3) is 0 Å². The number of halogens is 1. The Kier molecular flexibility index (Phi) is 4.69. The molecule has 4 rings (SSSR count). The molecule has 4 heteroatoms.